The van der Waals surface area contributed by atoms with Crippen molar-refractivity contribution < 1.29 is 8.83 Å². The second-order valence-corrected chi connectivity index (χ2v) is 15.9. The quantitative estimate of drug-likeness (QED) is 0.167. The highest BCUT2D eigenvalue weighted by Crippen LogP contribution is 2.41. The summed E-state index contributed by atoms with van der Waals surface area (Å²) in [4.78, 5) is 15.3. The SMILES string of the molecule is c1ccc(-c2nc(-c3ccc4c(c3)oc3cccc(-c5ccccc5)c34)nc(-c3cccc4c3oc3cc(-c5ccc6c7ccccc7n(-c7ccccc7)c6c5)ccc34)n2)cc1. The Hall–Kier alpha value is -8.61. The van der Waals surface area contributed by atoms with Crippen molar-refractivity contribution in [3.63, 3.8) is 0 Å². The fourth-order valence-corrected chi connectivity index (χ4v) is 9.32. The number of nitrogens with zero attached hydrogens (tertiary/aromatic N) is 4. The molecule has 0 radical (unpaired) electrons. The van der Waals surface area contributed by atoms with Crippen LogP contribution in [0.15, 0.2) is 215 Å². The summed E-state index contributed by atoms with van der Waals surface area (Å²) >= 11 is 0. The topological polar surface area (TPSA) is 69.9 Å². The molecule has 0 amide bonds. The summed E-state index contributed by atoms with van der Waals surface area (Å²) in [6.45, 7) is 0. The summed E-state index contributed by atoms with van der Waals surface area (Å²) < 4.78 is 15.7. The molecule has 0 saturated heterocycles. The first-order valence-corrected chi connectivity index (χ1v) is 21.1. The van der Waals surface area contributed by atoms with Crippen LogP contribution in [-0.4, -0.2) is 19.5 Å². The number of para-hydroxylation sites is 3. The predicted octanol–water partition coefficient (Wildman–Crippen LogP) is 15.1. The Morgan fingerprint density at radius 1 is 0.317 bits per heavy atom. The van der Waals surface area contributed by atoms with E-state index in [0.29, 0.717) is 17.5 Å². The van der Waals surface area contributed by atoms with Gasteiger partial charge < -0.3 is 13.4 Å². The van der Waals surface area contributed by atoms with Gasteiger partial charge in [-0.25, -0.2) is 15.0 Å². The molecule has 0 fully saturated rings. The van der Waals surface area contributed by atoms with Crippen molar-refractivity contribution in [2.75, 3.05) is 0 Å². The Labute approximate surface area is 361 Å². The van der Waals surface area contributed by atoms with Gasteiger partial charge in [0.15, 0.2) is 17.5 Å². The van der Waals surface area contributed by atoms with Crippen LogP contribution in [0.5, 0.6) is 0 Å². The summed E-state index contributed by atoms with van der Waals surface area (Å²) in [5.74, 6) is 1.65. The lowest BCUT2D eigenvalue weighted by molar-refractivity contribution is 0.668. The number of hydrogen-bond acceptors (Lipinski definition) is 5. The molecule has 63 heavy (non-hydrogen) atoms. The number of aromatic nitrogens is 4. The Bertz CT molecular complexity index is 3900. The highest BCUT2D eigenvalue weighted by atomic mass is 16.3. The van der Waals surface area contributed by atoms with Crippen molar-refractivity contribution >= 4 is 65.7 Å². The molecule has 4 heterocycles. The van der Waals surface area contributed by atoms with E-state index in [-0.39, 0.29) is 0 Å². The van der Waals surface area contributed by atoms with Gasteiger partial charge in [0.2, 0.25) is 0 Å². The number of fused-ring (bicyclic) bond motifs is 9. The summed E-state index contributed by atoms with van der Waals surface area (Å²) in [6, 6.07) is 71.5. The van der Waals surface area contributed by atoms with E-state index in [9.17, 15) is 0 Å². The lowest BCUT2D eigenvalue weighted by Gasteiger charge is -2.09. The summed E-state index contributed by atoms with van der Waals surface area (Å²) in [5, 5.41) is 6.59. The van der Waals surface area contributed by atoms with Crippen LogP contribution in [0.2, 0.25) is 0 Å². The van der Waals surface area contributed by atoms with Crippen molar-refractivity contribution in [3.05, 3.63) is 206 Å². The fourth-order valence-electron chi connectivity index (χ4n) is 9.32. The van der Waals surface area contributed by atoms with Crippen molar-refractivity contribution in [2.45, 2.75) is 0 Å². The van der Waals surface area contributed by atoms with E-state index in [1.54, 1.807) is 0 Å². The van der Waals surface area contributed by atoms with Gasteiger partial charge in [-0.05, 0) is 82.9 Å². The molecular weight excluding hydrogens is 773 g/mol. The largest absolute Gasteiger partial charge is 0.456 e. The first-order chi connectivity index (χ1) is 31.2. The molecule has 0 unspecified atom stereocenters. The predicted molar refractivity (Wildman–Crippen MR) is 256 cm³/mol. The first-order valence-electron chi connectivity index (χ1n) is 21.1. The molecule has 13 aromatic rings. The van der Waals surface area contributed by atoms with Crippen LogP contribution < -0.4 is 0 Å². The van der Waals surface area contributed by atoms with Gasteiger partial charge in [-0.15, -0.1) is 0 Å². The maximum absolute atomic E-state index is 6.84. The van der Waals surface area contributed by atoms with Crippen LogP contribution in [0, 0.1) is 0 Å². The third-order valence-corrected chi connectivity index (χ3v) is 12.3. The Morgan fingerprint density at radius 2 is 0.889 bits per heavy atom. The van der Waals surface area contributed by atoms with E-state index in [1.807, 2.05) is 66.7 Å². The molecule has 0 saturated carbocycles. The minimum absolute atomic E-state index is 0.527. The molecule has 0 atom stereocenters. The molecule has 0 aliphatic carbocycles. The van der Waals surface area contributed by atoms with Crippen LogP contribution in [0.3, 0.4) is 0 Å². The van der Waals surface area contributed by atoms with Crippen molar-refractivity contribution in [1.29, 1.82) is 0 Å². The normalized spacial score (nSPS) is 11.8. The van der Waals surface area contributed by atoms with Gasteiger partial charge in [0.05, 0.1) is 16.6 Å². The molecule has 0 bridgehead atoms. The molecule has 9 aromatic carbocycles. The molecule has 294 valence electrons. The van der Waals surface area contributed by atoms with E-state index < -0.39 is 0 Å². The number of hydrogen-bond donors (Lipinski definition) is 0. The van der Waals surface area contributed by atoms with Crippen molar-refractivity contribution in [2.24, 2.45) is 0 Å². The van der Waals surface area contributed by atoms with Gasteiger partial charge in [0, 0.05) is 49.1 Å². The van der Waals surface area contributed by atoms with E-state index in [0.717, 1.165) is 94.0 Å². The lowest BCUT2D eigenvalue weighted by Crippen LogP contribution is -2.00. The minimum atomic E-state index is 0.527. The van der Waals surface area contributed by atoms with Crippen LogP contribution in [0.25, 0.3) is 128 Å². The van der Waals surface area contributed by atoms with Crippen LogP contribution in [0.1, 0.15) is 0 Å². The van der Waals surface area contributed by atoms with Gasteiger partial charge in [-0.3, -0.25) is 0 Å². The third-order valence-electron chi connectivity index (χ3n) is 12.3. The van der Waals surface area contributed by atoms with Gasteiger partial charge >= 0.3 is 0 Å². The zero-order chi connectivity index (χ0) is 41.4. The number of furan rings is 2. The Balaban J connectivity index is 0.944. The smallest absolute Gasteiger partial charge is 0.167 e. The standard InChI is InChI=1S/C57H34N4O2/c1-4-14-35(15-5-1)41-21-13-25-50-53(41)46-31-28-39(34-52(46)62-50)56-58-55(36-16-6-2-7-17-36)59-57(60-56)47-23-12-22-45-44-30-27-38(33-51(44)63-54(45)47)37-26-29-43-42-20-10-11-24-48(42)61(49(43)32-37)40-18-8-3-9-19-40/h1-34H. The van der Waals surface area contributed by atoms with Crippen molar-refractivity contribution in [1.82, 2.24) is 19.5 Å². The van der Waals surface area contributed by atoms with Crippen LogP contribution >= 0.6 is 0 Å². The van der Waals surface area contributed by atoms with Gasteiger partial charge in [-0.2, -0.15) is 0 Å². The van der Waals surface area contributed by atoms with Crippen molar-refractivity contribution in [3.8, 4) is 62.1 Å². The molecule has 0 spiro atoms. The van der Waals surface area contributed by atoms with E-state index >= 15 is 0 Å². The van der Waals surface area contributed by atoms with Crippen LogP contribution in [0.4, 0.5) is 0 Å². The molecule has 4 aromatic heterocycles. The highest BCUT2D eigenvalue weighted by molar-refractivity contribution is 6.14. The second-order valence-electron chi connectivity index (χ2n) is 15.9. The maximum Gasteiger partial charge on any atom is 0.167 e. The van der Waals surface area contributed by atoms with Crippen LogP contribution in [-0.2, 0) is 0 Å². The first kappa shape index (κ1) is 35.2. The number of benzene rings is 9. The highest BCUT2D eigenvalue weighted by Gasteiger charge is 2.20. The number of rotatable bonds is 6. The molecule has 13 rings (SSSR count). The Morgan fingerprint density at radius 3 is 1.71 bits per heavy atom. The Kier molecular flexibility index (Phi) is 7.80. The molecule has 6 nitrogen and oxygen atoms in total. The zero-order valence-corrected chi connectivity index (χ0v) is 33.7. The average Bonchev–Trinajstić information content (AvgIpc) is 4.03. The van der Waals surface area contributed by atoms with E-state index in [2.05, 4.69) is 144 Å². The second kappa shape index (κ2) is 14.0. The fraction of sp³-hybridized carbons (Fsp3) is 0. The van der Waals surface area contributed by atoms with E-state index in [4.69, 9.17) is 23.8 Å². The molecule has 6 heteroatoms. The minimum Gasteiger partial charge on any atom is -0.456 e. The molecule has 0 aliphatic rings. The summed E-state index contributed by atoms with van der Waals surface area (Å²) in [6.07, 6.45) is 0. The van der Waals surface area contributed by atoms with Gasteiger partial charge in [0.1, 0.15) is 22.3 Å². The summed E-state index contributed by atoms with van der Waals surface area (Å²) in [5.41, 5.74) is 13.5. The molecule has 0 aliphatic heterocycles. The lowest BCUT2D eigenvalue weighted by atomic mass is 9.99. The van der Waals surface area contributed by atoms with Gasteiger partial charge in [-0.1, -0.05) is 146 Å². The average molecular weight is 807 g/mol. The summed E-state index contributed by atoms with van der Waals surface area (Å²) in [7, 11) is 0. The maximum atomic E-state index is 6.84. The van der Waals surface area contributed by atoms with Gasteiger partial charge in [0.25, 0.3) is 0 Å². The van der Waals surface area contributed by atoms with E-state index in [1.165, 1.54) is 16.3 Å². The molecular formula is C57H34N4O2. The monoisotopic (exact) mass is 806 g/mol. The third kappa shape index (κ3) is 5.69. The molecule has 0 N–H and O–H groups in total. The zero-order valence-electron chi connectivity index (χ0n) is 33.7.